The van der Waals surface area contributed by atoms with Gasteiger partial charge in [0.15, 0.2) is 0 Å². The maximum Gasteiger partial charge on any atom is 0.0701 e. The predicted molar refractivity (Wildman–Crippen MR) is 81.2 cm³/mol. The van der Waals surface area contributed by atoms with Crippen LogP contribution in [0.25, 0.3) is 10.9 Å². The van der Waals surface area contributed by atoms with Crippen molar-refractivity contribution >= 4 is 38.2 Å². The number of hydrogen-bond acceptors (Lipinski definition) is 2. The van der Waals surface area contributed by atoms with E-state index in [4.69, 9.17) is 5.73 Å². The van der Waals surface area contributed by atoms with Crippen LogP contribution in [0, 0.1) is 0 Å². The molecule has 3 N–H and O–H groups in total. The van der Waals surface area contributed by atoms with Gasteiger partial charge in [0.2, 0.25) is 0 Å². The quantitative estimate of drug-likeness (QED) is 0.750. The third-order valence-electron chi connectivity index (χ3n) is 3.17. The van der Waals surface area contributed by atoms with Gasteiger partial charge in [-0.25, -0.2) is 0 Å². The number of aromatic amines is 1. The molecule has 2 nitrogen and oxygen atoms in total. The zero-order chi connectivity index (χ0) is 12.5. The molecule has 0 fully saturated rings. The van der Waals surface area contributed by atoms with Crippen LogP contribution in [0.2, 0.25) is 0 Å². The largest absolute Gasteiger partial charge is 0.361 e. The fourth-order valence-corrected chi connectivity index (χ4v) is 3.85. The fourth-order valence-electron chi connectivity index (χ4n) is 2.29. The van der Waals surface area contributed by atoms with Crippen LogP contribution < -0.4 is 5.73 Å². The van der Waals surface area contributed by atoms with Crippen molar-refractivity contribution in [3.63, 3.8) is 0 Å². The van der Waals surface area contributed by atoms with Crippen molar-refractivity contribution in [2.45, 2.75) is 5.92 Å². The van der Waals surface area contributed by atoms with Crippen molar-refractivity contribution in [1.82, 2.24) is 4.98 Å². The average molecular weight is 321 g/mol. The number of halogens is 1. The van der Waals surface area contributed by atoms with Gasteiger partial charge < -0.3 is 10.7 Å². The number of hydrogen-bond donors (Lipinski definition) is 2. The maximum atomic E-state index is 5.97. The van der Waals surface area contributed by atoms with Crippen LogP contribution in [-0.4, -0.2) is 11.5 Å². The molecule has 2 aromatic heterocycles. The Balaban J connectivity index is 2.11. The molecule has 0 bridgehead atoms. The summed E-state index contributed by atoms with van der Waals surface area (Å²) in [5.74, 6) is 0.262. The van der Waals surface area contributed by atoms with E-state index in [0.29, 0.717) is 6.54 Å². The highest BCUT2D eigenvalue weighted by molar-refractivity contribution is 9.11. The summed E-state index contributed by atoms with van der Waals surface area (Å²) in [7, 11) is 0. The summed E-state index contributed by atoms with van der Waals surface area (Å²) in [5.41, 5.74) is 8.42. The second-order valence-corrected chi connectivity index (χ2v) is 6.71. The number of thiophene rings is 1. The van der Waals surface area contributed by atoms with Crippen LogP contribution in [0.15, 0.2) is 46.4 Å². The van der Waals surface area contributed by atoms with E-state index in [2.05, 4.69) is 57.4 Å². The lowest BCUT2D eigenvalue weighted by Gasteiger charge is -2.12. The van der Waals surface area contributed by atoms with Gasteiger partial charge in [0.25, 0.3) is 0 Å². The number of benzene rings is 1. The molecule has 3 rings (SSSR count). The topological polar surface area (TPSA) is 41.8 Å². The lowest BCUT2D eigenvalue weighted by molar-refractivity contribution is 0.842. The van der Waals surface area contributed by atoms with E-state index in [-0.39, 0.29) is 5.92 Å². The molecule has 0 aliphatic carbocycles. The van der Waals surface area contributed by atoms with Gasteiger partial charge >= 0.3 is 0 Å². The number of nitrogens with one attached hydrogen (secondary N) is 1. The van der Waals surface area contributed by atoms with Crippen molar-refractivity contribution in [2.24, 2.45) is 5.73 Å². The lowest BCUT2D eigenvalue weighted by atomic mass is 9.97. The van der Waals surface area contributed by atoms with Crippen molar-refractivity contribution < 1.29 is 0 Å². The van der Waals surface area contributed by atoms with Crippen LogP contribution >= 0.6 is 27.3 Å². The normalized spacial score (nSPS) is 13.0. The Morgan fingerprint density at radius 3 is 2.78 bits per heavy atom. The van der Waals surface area contributed by atoms with Crippen LogP contribution in [-0.2, 0) is 0 Å². The number of rotatable bonds is 3. The summed E-state index contributed by atoms with van der Waals surface area (Å²) in [6.07, 6.45) is 2.08. The van der Waals surface area contributed by atoms with Gasteiger partial charge in [-0.1, -0.05) is 18.2 Å². The Hall–Kier alpha value is -1.10. The molecule has 0 amide bonds. The van der Waals surface area contributed by atoms with Crippen molar-refractivity contribution in [3.05, 3.63) is 56.8 Å². The number of aromatic nitrogens is 1. The molecule has 2 heterocycles. The molecule has 0 saturated heterocycles. The first kappa shape index (κ1) is 12.0. The highest BCUT2D eigenvalue weighted by Gasteiger charge is 2.17. The van der Waals surface area contributed by atoms with E-state index < -0.39 is 0 Å². The summed E-state index contributed by atoms with van der Waals surface area (Å²) in [6.45, 7) is 0.620. The molecule has 3 aromatic rings. The van der Waals surface area contributed by atoms with Crippen LogP contribution in [0.1, 0.15) is 16.4 Å². The Kier molecular flexibility index (Phi) is 3.24. The number of para-hydroxylation sites is 1. The highest BCUT2D eigenvalue weighted by Crippen LogP contribution is 2.35. The van der Waals surface area contributed by atoms with Gasteiger partial charge in [0.05, 0.1) is 3.79 Å². The number of H-pyrrole nitrogens is 1. The van der Waals surface area contributed by atoms with Crippen LogP contribution in [0.3, 0.4) is 0 Å². The first-order valence-corrected chi connectivity index (χ1v) is 7.42. The third kappa shape index (κ3) is 2.00. The van der Waals surface area contributed by atoms with E-state index in [0.717, 1.165) is 3.79 Å². The molecule has 0 saturated carbocycles. The molecule has 92 valence electrons. The standard InChI is InChI=1S/C14H13BrN2S/c15-14-6-5-13(18-14)10(7-16)11-8-17-12-4-2-1-3-9(11)12/h1-6,8,10,17H,7,16H2. The van der Waals surface area contributed by atoms with Crippen LogP contribution in [0.4, 0.5) is 0 Å². The van der Waals surface area contributed by atoms with E-state index in [9.17, 15) is 0 Å². The van der Waals surface area contributed by atoms with Gasteiger partial charge in [0, 0.05) is 34.4 Å². The molecule has 1 unspecified atom stereocenters. The summed E-state index contributed by atoms with van der Waals surface area (Å²) >= 11 is 5.26. The molecule has 0 aliphatic rings. The number of nitrogens with two attached hydrogens (primary N) is 1. The maximum absolute atomic E-state index is 5.97. The van der Waals surface area contributed by atoms with Crippen LogP contribution in [0.5, 0.6) is 0 Å². The minimum atomic E-state index is 0.262. The van der Waals surface area contributed by atoms with Gasteiger partial charge in [-0.2, -0.15) is 0 Å². The average Bonchev–Trinajstić information content (AvgIpc) is 2.98. The SMILES string of the molecule is NCC(c1ccc(Br)s1)c1c[nH]c2ccccc12. The molecule has 1 atom stereocenters. The molecular weight excluding hydrogens is 308 g/mol. The Morgan fingerprint density at radius 2 is 2.06 bits per heavy atom. The highest BCUT2D eigenvalue weighted by atomic mass is 79.9. The van der Waals surface area contributed by atoms with Crippen molar-refractivity contribution in [1.29, 1.82) is 0 Å². The van der Waals surface area contributed by atoms with Gasteiger partial charge in [-0.3, -0.25) is 0 Å². The van der Waals surface area contributed by atoms with E-state index in [1.165, 1.54) is 21.3 Å². The summed E-state index contributed by atoms with van der Waals surface area (Å²) in [4.78, 5) is 4.62. The van der Waals surface area contributed by atoms with E-state index in [1.54, 1.807) is 11.3 Å². The molecule has 18 heavy (non-hydrogen) atoms. The Bertz CT molecular complexity index is 671. The molecular formula is C14H13BrN2S. The van der Waals surface area contributed by atoms with Gasteiger partial charge in [-0.05, 0) is 39.7 Å². The molecule has 0 spiro atoms. The molecule has 4 heteroatoms. The van der Waals surface area contributed by atoms with Crippen molar-refractivity contribution in [2.75, 3.05) is 6.54 Å². The van der Waals surface area contributed by atoms with Crippen molar-refractivity contribution in [3.8, 4) is 0 Å². The van der Waals surface area contributed by atoms with Gasteiger partial charge in [0.1, 0.15) is 0 Å². The first-order chi connectivity index (χ1) is 8.79. The van der Waals surface area contributed by atoms with E-state index in [1.807, 2.05) is 6.07 Å². The summed E-state index contributed by atoms with van der Waals surface area (Å²) < 4.78 is 1.15. The smallest absolute Gasteiger partial charge is 0.0701 e. The van der Waals surface area contributed by atoms with Gasteiger partial charge in [-0.15, -0.1) is 11.3 Å². The zero-order valence-corrected chi connectivity index (χ0v) is 12.1. The fraction of sp³-hybridized carbons (Fsp3) is 0.143. The minimum absolute atomic E-state index is 0.262. The molecule has 1 aromatic carbocycles. The minimum Gasteiger partial charge on any atom is -0.361 e. The predicted octanol–water partition coefficient (Wildman–Crippen LogP) is 4.08. The van der Waals surface area contributed by atoms with E-state index >= 15 is 0 Å². The molecule has 0 radical (unpaired) electrons. The monoisotopic (exact) mass is 320 g/mol. The summed E-state index contributed by atoms with van der Waals surface area (Å²) in [6, 6.07) is 12.6. The number of fused-ring (bicyclic) bond motifs is 1. The second kappa shape index (κ2) is 4.88. The first-order valence-electron chi connectivity index (χ1n) is 5.81. The Labute approximate surface area is 118 Å². The molecule has 0 aliphatic heterocycles. The third-order valence-corrected chi connectivity index (χ3v) is 4.91. The Morgan fingerprint density at radius 1 is 1.22 bits per heavy atom. The second-order valence-electron chi connectivity index (χ2n) is 4.22. The lowest BCUT2D eigenvalue weighted by Crippen LogP contribution is -2.12. The summed E-state index contributed by atoms with van der Waals surface area (Å²) in [5, 5.41) is 1.26. The zero-order valence-electron chi connectivity index (χ0n) is 9.69.